The Balaban J connectivity index is 0.00000302. The van der Waals surface area contributed by atoms with Crippen LogP contribution in [0.15, 0.2) is 23.8 Å². The van der Waals surface area contributed by atoms with Crippen LogP contribution in [0, 0.1) is 35.5 Å². The molecular formula is C39H65NO10. The molecule has 3 heterocycles. The molecule has 0 aromatic heterocycles. The SMILES string of the molecule is CC[C@H]1CCC[C@H](O[C@H]2CC[C@H](N(C)C)[C@@H](C)O2)[C@@H](C)C(=O)C2=C[C@@H]3[C@@H](C=C[C@@H]4C[C@@H](O[C@@H]5O[C@@H](C)[C@H](OC)[C@@H](O)[C@H]5O)C[C@@H]34)[C@@H]2CC(=O)O1.[HH].[HH]. The van der Waals surface area contributed by atoms with Crippen molar-refractivity contribution in [3.63, 3.8) is 0 Å². The van der Waals surface area contributed by atoms with Crippen molar-refractivity contribution >= 4 is 11.8 Å². The van der Waals surface area contributed by atoms with E-state index in [1.54, 1.807) is 6.92 Å². The number of allylic oxidation sites excluding steroid dienone is 4. The summed E-state index contributed by atoms with van der Waals surface area (Å²) >= 11 is 0. The van der Waals surface area contributed by atoms with Crippen molar-refractivity contribution < 1.29 is 51.1 Å². The maximum Gasteiger partial charge on any atom is 0.306 e. The number of rotatable bonds is 7. The van der Waals surface area contributed by atoms with Crippen LogP contribution in [0.3, 0.4) is 0 Å². The molecule has 6 aliphatic rings. The van der Waals surface area contributed by atoms with Crippen LogP contribution < -0.4 is 0 Å². The number of hydrogen-bond acceptors (Lipinski definition) is 11. The molecular weight excluding hydrogens is 642 g/mol. The fraction of sp³-hybridized carbons (Fsp3) is 0.846. The van der Waals surface area contributed by atoms with Gasteiger partial charge in [-0.3, -0.25) is 9.59 Å². The van der Waals surface area contributed by atoms with Gasteiger partial charge in [0.1, 0.15) is 24.4 Å². The highest BCUT2D eigenvalue weighted by Gasteiger charge is 2.52. The van der Waals surface area contributed by atoms with Gasteiger partial charge in [-0.25, -0.2) is 0 Å². The number of carbonyl (C=O) groups excluding carboxylic acids is 2. The maximum atomic E-state index is 14.6. The second kappa shape index (κ2) is 16.1. The largest absolute Gasteiger partial charge is 0.462 e. The number of Topliss-reactive ketones (excluding diaryl/α,β-unsaturated/α-hetero) is 1. The molecule has 11 nitrogen and oxygen atoms in total. The Morgan fingerprint density at radius 2 is 1.72 bits per heavy atom. The summed E-state index contributed by atoms with van der Waals surface area (Å²) in [6.07, 6.45) is 7.58. The van der Waals surface area contributed by atoms with Gasteiger partial charge in [-0.2, -0.15) is 0 Å². The molecule has 3 aliphatic heterocycles. The summed E-state index contributed by atoms with van der Waals surface area (Å²) in [5, 5.41) is 21.4. The monoisotopic (exact) mass is 707 g/mol. The van der Waals surface area contributed by atoms with E-state index in [2.05, 4.69) is 51.1 Å². The van der Waals surface area contributed by atoms with Gasteiger partial charge in [0.05, 0.1) is 30.8 Å². The van der Waals surface area contributed by atoms with Crippen molar-refractivity contribution in [2.24, 2.45) is 35.5 Å². The van der Waals surface area contributed by atoms with Crippen molar-refractivity contribution in [2.45, 2.75) is 153 Å². The first-order chi connectivity index (χ1) is 23.9. The Bertz CT molecular complexity index is 1270. The summed E-state index contributed by atoms with van der Waals surface area (Å²) in [7, 11) is 5.64. The zero-order valence-electron chi connectivity index (χ0n) is 31.0. The lowest BCUT2D eigenvalue weighted by Gasteiger charge is -2.41. The molecule has 2 N–H and O–H groups in total. The summed E-state index contributed by atoms with van der Waals surface area (Å²) in [6.45, 7) is 7.94. The number of nitrogens with zero attached hydrogens (tertiary/aromatic N) is 1. The first kappa shape index (κ1) is 38.0. The van der Waals surface area contributed by atoms with Crippen LogP contribution in [0.4, 0.5) is 0 Å². The Kier molecular flexibility index (Phi) is 12.3. The third-order valence-corrected chi connectivity index (χ3v) is 12.8. The predicted octanol–water partition coefficient (Wildman–Crippen LogP) is 4.67. The van der Waals surface area contributed by atoms with Gasteiger partial charge in [0.2, 0.25) is 0 Å². The fourth-order valence-electron chi connectivity index (χ4n) is 9.92. The highest BCUT2D eigenvalue weighted by atomic mass is 16.7. The van der Waals surface area contributed by atoms with Gasteiger partial charge in [0.25, 0.3) is 0 Å². The second-order valence-electron chi connectivity index (χ2n) is 16.1. The average molecular weight is 708 g/mol. The molecule has 0 bridgehead atoms. The molecule has 1 saturated carbocycles. The van der Waals surface area contributed by atoms with Crippen LogP contribution in [-0.4, -0.2) is 116 Å². The minimum Gasteiger partial charge on any atom is -0.462 e. The highest BCUT2D eigenvalue weighted by molar-refractivity contribution is 5.99. The van der Waals surface area contributed by atoms with Crippen molar-refractivity contribution in [3.8, 4) is 0 Å². The Morgan fingerprint density at radius 3 is 2.42 bits per heavy atom. The van der Waals surface area contributed by atoms with E-state index in [1.807, 2.05) is 6.92 Å². The normalized spacial score (nSPS) is 47.1. The van der Waals surface area contributed by atoms with Crippen molar-refractivity contribution in [3.05, 3.63) is 23.8 Å². The minimum atomic E-state index is -1.23. The van der Waals surface area contributed by atoms with Gasteiger partial charge in [-0.1, -0.05) is 32.1 Å². The highest BCUT2D eigenvalue weighted by Crippen LogP contribution is 2.54. The van der Waals surface area contributed by atoms with E-state index in [1.165, 1.54) is 7.11 Å². The van der Waals surface area contributed by atoms with Crippen LogP contribution in [-0.2, 0) is 38.0 Å². The smallest absolute Gasteiger partial charge is 0.306 e. The molecule has 11 heteroatoms. The molecule has 4 fully saturated rings. The third-order valence-electron chi connectivity index (χ3n) is 12.8. The number of cyclic esters (lactones) is 1. The average Bonchev–Trinajstić information content (AvgIpc) is 3.66. The van der Waals surface area contributed by atoms with Gasteiger partial charge in [0, 0.05) is 27.8 Å². The van der Waals surface area contributed by atoms with Crippen LogP contribution in [0.5, 0.6) is 0 Å². The van der Waals surface area contributed by atoms with E-state index in [9.17, 15) is 19.8 Å². The Hall–Kier alpha value is -1.70. The molecule has 0 aromatic rings. The maximum absolute atomic E-state index is 14.6. The Labute approximate surface area is 301 Å². The molecule has 0 unspecified atom stereocenters. The van der Waals surface area contributed by atoms with Gasteiger partial charge in [-0.15, -0.1) is 0 Å². The number of methoxy groups -OCH3 is 1. The second-order valence-corrected chi connectivity index (χ2v) is 16.1. The lowest BCUT2D eigenvalue weighted by atomic mass is 9.70. The fourth-order valence-corrected chi connectivity index (χ4v) is 9.92. The standard InChI is InChI=1S/C39H61NO10.2H2/c1-8-24-10-9-11-32(50-34-15-14-31(40(5)6)21(3)46-34)20(2)35(42)30-18-28-26(29(30)19-33(41)48-24)13-12-23-16-25(17-27(23)28)49-39-37(44)36(43)38(45-7)22(4)47-39;;/h12-13,18,20-29,31-32,34,36-39,43-44H,8-11,14-17,19H2,1-7H3;2*1H/t20-,21-,22+,23-,24+,25-,26-,27-,28-,29+,31+,32+,34+,36+,37-,38+,39+;;/m1../s1. The molecule has 3 aliphatic carbocycles. The first-order valence-electron chi connectivity index (χ1n) is 19.2. The Morgan fingerprint density at radius 1 is 0.940 bits per heavy atom. The number of hydrogen-bond donors (Lipinski definition) is 2. The molecule has 0 radical (unpaired) electrons. The number of esters is 1. The molecule has 0 aromatic carbocycles. The zero-order valence-corrected chi connectivity index (χ0v) is 31.0. The van der Waals surface area contributed by atoms with Crippen LogP contribution in [0.25, 0.3) is 0 Å². The molecule has 0 amide bonds. The van der Waals surface area contributed by atoms with E-state index in [-0.39, 0.29) is 81.3 Å². The van der Waals surface area contributed by atoms with E-state index in [4.69, 9.17) is 28.4 Å². The van der Waals surface area contributed by atoms with Gasteiger partial charge >= 0.3 is 5.97 Å². The van der Waals surface area contributed by atoms with Crippen LogP contribution in [0.2, 0.25) is 0 Å². The van der Waals surface area contributed by atoms with Crippen molar-refractivity contribution in [2.75, 3.05) is 21.2 Å². The van der Waals surface area contributed by atoms with E-state index < -0.39 is 36.6 Å². The molecule has 50 heavy (non-hydrogen) atoms. The summed E-state index contributed by atoms with van der Waals surface area (Å²) in [5.41, 5.74) is 0.723. The zero-order chi connectivity index (χ0) is 35.9. The number of ketones is 1. The van der Waals surface area contributed by atoms with E-state index in [0.29, 0.717) is 12.5 Å². The van der Waals surface area contributed by atoms with Gasteiger partial charge in [0.15, 0.2) is 18.4 Å². The number of ether oxygens (including phenoxy) is 6. The number of aliphatic hydroxyl groups is 2. The molecule has 0 spiro atoms. The number of likely N-dealkylation sites (N-methyl/N-ethyl adjacent to an activating group) is 1. The van der Waals surface area contributed by atoms with E-state index >= 15 is 0 Å². The van der Waals surface area contributed by atoms with Gasteiger partial charge < -0.3 is 43.5 Å². The molecule has 17 atom stereocenters. The summed E-state index contributed by atoms with van der Waals surface area (Å²) < 4.78 is 36.7. The number of carbonyl (C=O) groups is 2. The lowest BCUT2D eigenvalue weighted by Crippen LogP contribution is -2.58. The summed E-state index contributed by atoms with van der Waals surface area (Å²) in [5.74, 6) is -0.344. The molecule has 6 rings (SSSR count). The third kappa shape index (κ3) is 7.81. The predicted molar refractivity (Wildman–Crippen MR) is 189 cm³/mol. The van der Waals surface area contributed by atoms with E-state index in [0.717, 1.165) is 50.5 Å². The van der Waals surface area contributed by atoms with Crippen molar-refractivity contribution in [1.82, 2.24) is 4.90 Å². The van der Waals surface area contributed by atoms with Crippen LogP contribution in [0.1, 0.15) is 88.3 Å². The topological polar surface area (TPSA) is 133 Å². The minimum absolute atomic E-state index is 0. The first-order valence-corrected chi connectivity index (χ1v) is 19.2. The van der Waals surface area contributed by atoms with Crippen LogP contribution >= 0.6 is 0 Å². The van der Waals surface area contributed by atoms with Crippen molar-refractivity contribution in [1.29, 1.82) is 0 Å². The molecule has 3 saturated heterocycles. The summed E-state index contributed by atoms with van der Waals surface area (Å²) in [6, 6.07) is 0.328. The number of aliphatic hydroxyl groups excluding tert-OH is 2. The number of fused-ring (bicyclic) bond motifs is 5. The summed E-state index contributed by atoms with van der Waals surface area (Å²) in [4.78, 5) is 30.2. The molecule has 286 valence electrons. The lowest BCUT2D eigenvalue weighted by molar-refractivity contribution is -0.306. The van der Waals surface area contributed by atoms with Gasteiger partial charge in [-0.05, 0) is 109 Å². The quantitative estimate of drug-likeness (QED) is 0.283.